The van der Waals surface area contributed by atoms with Gasteiger partial charge >= 0.3 is 0 Å². The number of alkyl halides is 5. The topological polar surface area (TPSA) is 131 Å². The second-order valence-electron chi connectivity index (χ2n) is 11.4. The van der Waals surface area contributed by atoms with Crippen molar-refractivity contribution in [1.29, 1.82) is 0 Å². The first-order chi connectivity index (χ1) is 20.3. The predicted octanol–water partition coefficient (Wildman–Crippen LogP) is 2.55. The smallest absolute Gasteiger partial charge is 0.272 e. The number of amides is 2. The van der Waals surface area contributed by atoms with Crippen LogP contribution in [0.1, 0.15) is 35.2 Å². The van der Waals surface area contributed by atoms with E-state index in [2.05, 4.69) is 20.4 Å². The fourth-order valence-corrected chi connectivity index (χ4v) is 6.09. The molecule has 2 amide bonds. The molecule has 6 rings (SSSR count). The van der Waals surface area contributed by atoms with E-state index in [9.17, 15) is 31.5 Å². The predicted molar refractivity (Wildman–Crippen MR) is 142 cm³/mol. The molecule has 1 unspecified atom stereocenters. The number of nitrogen functional groups attached to an aromatic ring is 1. The molecular weight excluding hydrogens is 579 g/mol. The highest BCUT2D eigenvalue weighted by atomic mass is 19.3. The Kier molecular flexibility index (Phi) is 7.13. The summed E-state index contributed by atoms with van der Waals surface area (Å²) in [4.78, 5) is 37.1. The van der Waals surface area contributed by atoms with Crippen LogP contribution in [0.2, 0.25) is 0 Å². The van der Waals surface area contributed by atoms with Crippen LogP contribution in [-0.4, -0.2) is 98.5 Å². The van der Waals surface area contributed by atoms with Crippen molar-refractivity contribution < 1.29 is 36.3 Å². The van der Waals surface area contributed by atoms with Crippen molar-refractivity contribution in [3.63, 3.8) is 0 Å². The minimum atomic E-state index is -2.91. The summed E-state index contributed by atoms with van der Waals surface area (Å²) in [6.07, 6.45) is 0.140. The van der Waals surface area contributed by atoms with E-state index < -0.39 is 61.3 Å². The van der Waals surface area contributed by atoms with Crippen molar-refractivity contribution in [2.45, 2.75) is 49.9 Å². The molecule has 3 N–H and O–H groups in total. The van der Waals surface area contributed by atoms with E-state index in [0.717, 1.165) is 0 Å². The third-order valence-electron chi connectivity index (χ3n) is 8.18. The molecule has 3 aromatic heterocycles. The van der Waals surface area contributed by atoms with Gasteiger partial charge in [0.1, 0.15) is 23.6 Å². The number of nitrogens with zero attached hydrogens (tertiary/aromatic N) is 6. The van der Waals surface area contributed by atoms with Gasteiger partial charge in [-0.05, 0) is 24.1 Å². The third-order valence-corrected chi connectivity index (χ3v) is 8.18. The number of rotatable bonds is 7. The standard InChI is InChI=1S/C27H29F5N8O3/c1-43-24-17(23(41)37-19-10-39(9-18(19)28)25(42)14-2-3-26(29,30)6-14)4-15(7-34-24)20-5-16(8-38-11-27(31,32)12-38)21-22(33)35-13-36-40(20)21/h4-5,7,13-14,18-19H,2-3,6,8-12H2,1H3,(H,37,41)(H2,33,35,36)/t14?,18-,19+/m0/s1. The number of likely N-dealkylation sites (tertiary alicyclic amines) is 2. The molecule has 16 heteroatoms. The maximum Gasteiger partial charge on any atom is 0.272 e. The first kappa shape index (κ1) is 29.0. The molecule has 0 spiro atoms. The highest BCUT2D eigenvalue weighted by Gasteiger charge is 2.46. The summed E-state index contributed by atoms with van der Waals surface area (Å²) in [5.74, 6) is -7.72. The molecule has 1 saturated carbocycles. The minimum absolute atomic E-state index is 0.0309. The fraction of sp³-hybridized carbons (Fsp3) is 0.519. The monoisotopic (exact) mass is 608 g/mol. The molecule has 0 aromatic carbocycles. The molecule has 0 radical (unpaired) electrons. The molecule has 3 atom stereocenters. The lowest BCUT2D eigenvalue weighted by Gasteiger charge is -2.38. The summed E-state index contributed by atoms with van der Waals surface area (Å²) in [5.41, 5.74) is 7.95. The molecule has 43 heavy (non-hydrogen) atoms. The molecule has 5 heterocycles. The van der Waals surface area contributed by atoms with Gasteiger partial charge in [-0.3, -0.25) is 14.5 Å². The Bertz CT molecular complexity index is 1580. The second-order valence-corrected chi connectivity index (χ2v) is 11.4. The number of anilines is 1. The molecule has 11 nitrogen and oxygen atoms in total. The zero-order valence-electron chi connectivity index (χ0n) is 23.1. The summed E-state index contributed by atoms with van der Waals surface area (Å²) in [7, 11) is 1.31. The van der Waals surface area contributed by atoms with Gasteiger partial charge in [-0.1, -0.05) is 0 Å². The van der Waals surface area contributed by atoms with Crippen LogP contribution in [0.5, 0.6) is 5.88 Å². The quantitative estimate of drug-likeness (QED) is 0.392. The SMILES string of the molecule is COc1ncc(-c2cc(CN3CC(F)(F)C3)c3c(N)ncnn23)cc1C(=O)N[C@@H]1CN(C(=O)C2CCC(F)(F)C2)C[C@@H]1F. The Balaban J connectivity index is 1.23. The van der Waals surface area contributed by atoms with Gasteiger partial charge < -0.3 is 20.7 Å². The number of halogens is 5. The molecule has 3 fully saturated rings. The van der Waals surface area contributed by atoms with E-state index in [-0.39, 0.29) is 49.7 Å². The zero-order valence-corrected chi connectivity index (χ0v) is 23.1. The number of methoxy groups -OCH3 is 1. The first-order valence-electron chi connectivity index (χ1n) is 13.7. The van der Waals surface area contributed by atoms with E-state index in [0.29, 0.717) is 22.3 Å². The van der Waals surface area contributed by atoms with Crippen molar-refractivity contribution in [2.75, 3.05) is 39.0 Å². The fourth-order valence-electron chi connectivity index (χ4n) is 6.09. The van der Waals surface area contributed by atoms with Crippen LogP contribution in [0.3, 0.4) is 0 Å². The number of aromatic nitrogens is 4. The molecule has 1 aliphatic carbocycles. The van der Waals surface area contributed by atoms with Crippen LogP contribution in [0.25, 0.3) is 16.8 Å². The van der Waals surface area contributed by atoms with Gasteiger partial charge in [-0.2, -0.15) is 5.10 Å². The summed E-state index contributed by atoms with van der Waals surface area (Å²) in [6, 6.07) is 2.09. The van der Waals surface area contributed by atoms with E-state index in [4.69, 9.17) is 10.5 Å². The second kappa shape index (κ2) is 10.6. The van der Waals surface area contributed by atoms with Gasteiger partial charge in [0, 0.05) is 43.6 Å². The van der Waals surface area contributed by atoms with Crippen LogP contribution < -0.4 is 15.8 Å². The lowest BCUT2D eigenvalue weighted by Crippen LogP contribution is -2.55. The number of ether oxygens (including phenoxy) is 1. The normalized spacial score (nSPS) is 24.7. The third kappa shape index (κ3) is 5.55. The van der Waals surface area contributed by atoms with Crippen molar-refractivity contribution in [3.05, 3.63) is 35.8 Å². The van der Waals surface area contributed by atoms with Crippen molar-refractivity contribution >= 4 is 23.1 Å². The first-order valence-corrected chi connectivity index (χ1v) is 13.7. The molecular formula is C27H29F5N8O3. The molecule has 230 valence electrons. The largest absolute Gasteiger partial charge is 0.480 e. The van der Waals surface area contributed by atoms with Crippen LogP contribution >= 0.6 is 0 Å². The lowest BCUT2D eigenvalue weighted by atomic mass is 10.1. The van der Waals surface area contributed by atoms with Gasteiger partial charge in [0.15, 0.2) is 5.82 Å². The summed E-state index contributed by atoms with van der Waals surface area (Å²) in [6.45, 7) is -1.10. The number of carbonyl (C=O) groups is 2. The van der Waals surface area contributed by atoms with Crippen LogP contribution in [0, 0.1) is 5.92 Å². The molecule has 2 saturated heterocycles. The van der Waals surface area contributed by atoms with E-state index in [1.807, 2.05) is 0 Å². The van der Waals surface area contributed by atoms with Crippen molar-refractivity contribution in [2.24, 2.45) is 5.92 Å². The Morgan fingerprint density at radius 2 is 1.91 bits per heavy atom. The average Bonchev–Trinajstić information content (AvgIpc) is 3.62. The Hall–Kier alpha value is -4.08. The number of nitrogens with two attached hydrogens (primary N) is 1. The molecule has 3 aromatic rings. The summed E-state index contributed by atoms with van der Waals surface area (Å²) < 4.78 is 75.9. The number of nitrogens with one attached hydrogen (secondary N) is 1. The Morgan fingerprint density at radius 3 is 2.58 bits per heavy atom. The number of hydrogen-bond acceptors (Lipinski definition) is 8. The van der Waals surface area contributed by atoms with Crippen LogP contribution in [-0.2, 0) is 11.3 Å². The number of carbonyl (C=O) groups excluding carboxylic acids is 2. The maximum absolute atomic E-state index is 15.0. The Morgan fingerprint density at radius 1 is 1.14 bits per heavy atom. The van der Waals surface area contributed by atoms with Gasteiger partial charge in [0.25, 0.3) is 11.8 Å². The van der Waals surface area contributed by atoms with Crippen molar-refractivity contribution in [1.82, 2.24) is 34.7 Å². The summed E-state index contributed by atoms with van der Waals surface area (Å²) >= 11 is 0. The molecule has 3 aliphatic rings. The van der Waals surface area contributed by atoms with Crippen LogP contribution in [0.4, 0.5) is 27.8 Å². The highest BCUT2D eigenvalue weighted by Crippen LogP contribution is 2.40. The zero-order chi connectivity index (χ0) is 30.7. The van der Waals surface area contributed by atoms with Gasteiger partial charge in [-0.15, -0.1) is 0 Å². The summed E-state index contributed by atoms with van der Waals surface area (Å²) in [5, 5.41) is 6.85. The van der Waals surface area contributed by atoms with Gasteiger partial charge in [-0.25, -0.2) is 36.4 Å². The van der Waals surface area contributed by atoms with E-state index >= 15 is 0 Å². The highest BCUT2D eigenvalue weighted by molar-refractivity contribution is 5.98. The van der Waals surface area contributed by atoms with Gasteiger partial charge in [0.2, 0.25) is 17.7 Å². The maximum atomic E-state index is 15.0. The van der Waals surface area contributed by atoms with E-state index in [1.54, 1.807) is 11.0 Å². The number of hydrogen-bond donors (Lipinski definition) is 2. The van der Waals surface area contributed by atoms with Crippen molar-refractivity contribution in [3.8, 4) is 17.1 Å². The lowest BCUT2D eigenvalue weighted by molar-refractivity contribution is -0.135. The Labute approximate surface area is 242 Å². The number of fused-ring (bicyclic) bond motifs is 1. The van der Waals surface area contributed by atoms with Crippen LogP contribution in [0.15, 0.2) is 24.7 Å². The minimum Gasteiger partial charge on any atom is -0.480 e. The number of pyridine rings is 1. The average molecular weight is 609 g/mol. The van der Waals surface area contributed by atoms with Gasteiger partial charge in [0.05, 0.1) is 38.5 Å². The van der Waals surface area contributed by atoms with E-state index in [1.165, 1.54) is 35.1 Å². The molecule has 0 bridgehead atoms. The molecule has 2 aliphatic heterocycles.